The minimum Gasteiger partial charge on any atom is -0.352 e. The standard InChI is InChI=1S/C22H22F3N5O/c1-14-6-8-18(9-7-14)29-19-12-15(2)28-21(30-19)27-11-10-26-20(31)16-4-3-5-17(13-16)22(23,24)25/h3-9,12-13H,10-11H2,1-2H3,(H,26,31)(H2,27,28,29,30). The van der Waals surface area contributed by atoms with Crippen LogP contribution in [0.25, 0.3) is 0 Å². The van der Waals surface area contributed by atoms with Gasteiger partial charge < -0.3 is 16.0 Å². The van der Waals surface area contributed by atoms with E-state index in [9.17, 15) is 18.0 Å². The van der Waals surface area contributed by atoms with E-state index in [4.69, 9.17) is 0 Å². The molecule has 2 aromatic carbocycles. The van der Waals surface area contributed by atoms with E-state index < -0.39 is 17.6 Å². The first kappa shape index (κ1) is 22.1. The molecule has 0 spiro atoms. The molecule has 0 saturated carbocycles. The third-order valence-electron chi connectivity index (χ3n) is 4.32. The van der Waals surface area contributed by atoms with Gasteiger partial charge in [-0.15, -0.1) is 0 Å². The smallest absolute Gasteiger partial charge is 0.352 e. The van der Waals surface area contributed by atoms with Crippen molar-refractivity contribution in [1.29, 1.82) is 0 Å². The largest absolute Gasteiger partial charge is 0.416 e. The highest BCUT2D eigenvalue weighted by Gasteiger charge is 2.30. The van der Waals surface area contributed by atoms with Crippen LogP contribution in [-0.4, -0.2) is 29.0 Å². The average Bonchev–Trinajstić information content (AvgIpc) is 2.72. The molecule has 0 aliphatic carbocycles. The molecule has 1 heterocycles. The molecular formula is C22H22F3N5O. The number of hydrogen-bond donors (Lipinski definition) is 3. The minimum atomic E-state index is -4.50. The maximum Gasteiger partial charge on any atom is 0.416 e. The Labute approximate surface area is 177 Å². The van der Waals surface area contributed by atoms with Crippen LogP contribution in [0.3, 0.4) is 0 Å². The summed E-state index contributed by atoms with van der Waals surface area (Å²) in [5.74, 6) is 0.412. The molecule has 1 amide bonds. The summed E-state index contributed by atoms with van der Waals surface area (Å²) < 4.78 is 38.4. The molecule has 9 heteroatoms. The summed E-state index contributed by atoms with van der Waals surface area (Å²) in [4.78, 5) is 20.8. The summed E-state index contributed by atoms with van der Waals surface area (Å²) in [5.41, 5.74) is 1.88. The number of aromatic nitrogens is 2. The first-order valence-electron chi connectivity index (χ1n) is 9.59. The lowest BCUT2D eigenvalue weighted by atomic mass is 10.1. The van der Waals surface area contributed by atoms with Crippen LogP contribution >= 0.6 is 0 Å². The van der Waals surface area contributed by atoms with Gasteiger partial charge in [-0.3, -0.25) is 4.79 Å². The van der Waals surface area contributed by atoms with Crippen molar-refractivity contribution < 1.29 is 18.0 Å². The van der Waals surface area contributed by atoms with Gasteiger partial charge in [0, 0.05) is 36.1 Å². The van der Waals surface area contributed by atoms with Crippen molar-refractivity contribution in [1.82, 2.24) is 15.3 Å². The molecule has 0 radical (unpaired) electrons. The normalized spacial score (nSPS) is 11.1. The van der Waals surface area contributed by atoms with E-state index in [1.807, 2.05) is 38.1 Å². The molecule has 162 valence electrons. The maximum absolute atomic E-state index is 12.8. The molecule has 0 unspecified atom stereocenters. The second-order valence-corrected chi connectivity index (χ2v) is 6.97. The molecule has 0 saturated heterocycles. The SMILES string of the molecule is Cc1ccc(Nc2cc(C)nc(NCCNC(=O)c3cccc(C(F)(F)F)c3)n2)cc1. The number of halogens is 3. The lowest BCUT2D eigenvalue weighted by Gasteiger charge is -2.11. The van der Waals surface area contributed by atoms with E-state index in [1.54, 1.807) is 6.07 Å². The van der Waals surface area contributed by atoms with E-state index in [2.05, 4.69) is 25.9 Å². The minimum absolute atomic E-state index is 0.0498. The van der Waals surface area contributed by atoms with Crippen LogP contribution in [0.2, 0.25) is 0 Å². The molecule has 0 fully saturated rings. The molecule has 0 atom stereocenters. The summed E-state index contributed by atoms with van der Waals surface area (Å²) in [7, 11) is 0. The van der Waals surface area contributed by atoms with Crippen LogP contribution in [0, 0.1) is 13.8 Å². The fourth-order valence-electron chi connectivity index (χ4n) is 2.79. The summed E-state index contributed by atoms with van der Waals surface area (Å²) in [6.07, 6.45) is -4.50. The van der Waals surface area contributed by atoms with Crippen molar-refractivity contribution in [2.75, 3.05) is 23.7 Å². The van der Waals surface area contributed by atoms with Crippen LogP contribution in [-0.2, 0) is 6.18 Å². The molecule has 6 nitrogen and oxygen atoms in total. The Balaban J connectivity index is 1.54. The molecule has 0 aliphatic heterocycles. The fraction of sp³-hybridized carbons (Fsp3) is 0.227. The second kappa shape index (κ2) is 9.46. The van der Waals surface area contributed by atoms with Gasteiger partial charge in [0.2, 0.25) is 5.95 Å². The number of hydrogen-bond acceptors (Lipinski definition) is 5. The monoisotopic (exact) mass is 429 g/mol. The maximum atomic E-state index is 12.8. The average molecular weight is 429 g/mol. The van der Waals surface area contributed by atoms with Crippen LogP contribution < -0.4 is 16.0 Å². The Morgan fingerprint density at radius 1 is 0.968 bits per heavy atom. The number of carbonyl (C=O) groups excluding carboxylic acids is 1. The van der Waals surface area contributed by atoms with Gasteiger partial charge in [0.05, 0.1) is 5.56 Å². The van der Waals surface area contributed by atoms with Gasteiger partial charge in [0.1, 0.15) is 5.82 Å². The number of amides is 1. The first-order chi connectivity index (χ1) is 14.7. The fourth-order valence-corrected chi connectivity index (χ4v) is 2.79. The number of alkyl halides is 3. The van der Waals surface area contributed by atoms with Crippen molar-refractivity contribution in [3.63, 3.8) is 0 Å². The van der Waals surface area contributed by atoms with E-state index in [0.717, 1.165) is 29.1 Å². The molecular weight excluding hydrogens is 407 g/mol. The zero-order chi connectivity index (χ0) is 22.4. The quantitative estimate of drug-likeness (QED) is 0.475. The van der Waals surface area contributed by atoms with Gasteiger partial charge in [-0.25, -0.2) is 4.98 Å². The highest BCUT2D eigenvalue weighted by Crippen LogP contribution is 2.29. The number of nitrogens with zero attached hydrogens (tertiary/aromatic N) is 2. The molecule has 31 heavy (non-hydrogen) atoms. The zero-order valence-electron chi connectivity index (χ0n) is 17.0. The summed E-state index contributed by atoms with van der Waals surface area (Å²) >= 11 is 0. The van der Waals surface area contributed by atoms with E-state index in [1.165, 1.54) is 12.1 Å². The molecule has 3 N–H and O–H groups in total. The zero-order valence-corrected chi connectivity index (χ0v) is 17.0. The van der Waals surface area contributed by atoms with Crippen molar-refractivity contribution in [2.45, 2.75) is 20.0 Å². The molecule has 3 rings (SSSR count). The third-order valence-corrected chi connectivity index (χ3v) is 4.32. The molecule has 0 bridgehead atoms. The summed E-state index contributed by atoms with van der Waals surface area (Å²) in [5, 5.41) is 8.80. The van der Waals surface area contributed by atoms with Crippen molar-refractivity contribution in [3.8, 4) is 0 Å². The van der Waals surface area contributed by atoms with E-state index in [0.29, 0.717) is 18.3 Å². The van der Waals surface area contributed by atoms with Gasteiger partial charge in [0.25, 0.3) is 5.91 Å². The van der Waals surface area contributed by atoms with Gasteiger partial charge in [-0.1, -0.05) is 23.8 Å². The Bertz CT molecular complexity index is 1050. The number of anilines is 3. The predicted molar refractivity (Wildman–Crippen MR) is 113 cm³/mol. The van der Waals surface area contributed by atoms with Gasteiger partial charge >= 0.3 is 6.18 Å². The summed E-state index contributed by atoms with van der Waals surface area (Å²) in [6, 6.07) is 14.0. The lowest BCUT2D eigenvalue weighted by Crippen LogP contribution is -2.29. The van der Waals surface area contributed by atoms with Crippen molar-refractivity contribution in [3.05, 3.63) is 77.0 Å². The number of carbonyl (C=O) groups is 1. The number of rotatable bonds is 7. The number of aryl methyl sites for hydroxylation is 2. The van der Waals surface area contributed by atoms with Gasteiger partial charge in [-0.2, -0.15) is 18.2 Å². The number of benzene rings is 2. The molecule has 0 aliphatic rings. The highest BCUT2D eigenvalue weighted by molar-refractivity contribution is 5.94. The molecule has 1 aromatic heterocycles. The van der Waals surface area contributed by atoms with Crippen LogP contribution in [0.1, 0.15) is 27.2 Å². The van der Waals surface area contributed by atoms with Gasteiger partial charge in [0.15, 0.2) is 0 Å². The lowest BCUT2D eigenvalue weighted by molar-refractivity contribution is -0.137. The Hall–Kier alpha value is -3.62. The van der Waals surface area contributed by atoms with Crippen LogP contribution in [0.15, 0.2) is 54.6 Å². The Kier molecular flexibility index (Phi) is 6.74. The van der Waals surface area contributed by atoms with E-state index >= 15 is 0 Å². The molecule has 3 aromatic rings. The highest BCUT2D eigenvalue weighted by atomic mass is 19.4. The van der Waals surface area contributed by atoms with E-state index in [-0.39, 0.29) is 12.1 Å². The topological polar surface area (TPSA) is 78.9 Å². The Morgan fingerprint density at radius 3 is 2.42 bits per heavy atom. The number of nitrogens with one attached hydrogen (secondary N) is 3. The van der Waals surface area contributed by atoms with Crippen LogP contribution in [0.5, 0.6) is 0 Å². The first-order valence-corrected chi connectivity index (χ1v) is 9.59. The van der Waals surface area contributed by atoms with Crippen molar-refractivity contribution in [2.24, 2.45) is 0 Å². The Morgan fingerprint density at radius 2 is 1.71 bits per heavy atom. The van der Waals surface area contributed by atoms with Gasteiger partial charge in [-0.05, 0) is 44.2 Å². The summed E-state index contributed by atoms with van der Waals surface area (Å²) in [6.45, 7) is 4.33. The van der Waals surface area contributed by atoms with Crippen LogP contribution in [0.4, 0.5) is 30.6 Å². The second-order valence-electron chi connectivity index (χ2n) is 6.97. The third kappa shape index (κ3) is 6.43. The van der Waals surface area contributed by atoms with Crippen molar-refractivity contribution >= 4 is 23.4 Å². The predicted octanol–water partition coefficient (Wildman–Crippen LogP) is 4.70.